The number of carbonyl (C=O) groups excluding carboxylic acids is 1. The number of benzene rings is 2. The van der Waals surface area contributed by atoms with Crippen LogP contribution in [0.5, 0.6) is 11.5 Å². The van der Waals surface area contributed by atoms with Crippen molar-refractivity contribution in [2.45, 2.75) is 13.0 Å². The van der Waals surface area contributed by atoms with Crippen LogP contribution in [0, 0.1) is 11.6 Å². The van der Waals surface area contributed by atoms with E-state index >= 15 is 0 Å². The van der Waals surface area contributed by atoms with E-state index in [1.54, 1.807) is 36.3 Å². The molecule has 0 amide bonds. The Morgan fingerprint density at radius 2 is 1.80 bits per heavy atom. The summed E-state index contributed by atoms with van der Waals surface area (Å²) in [5.74, 6) is -1.73. The molecule has 5 aromatic rings. The monoisotopic (exact) mass is 559 g/mol. The molecule has 0 saturated heterocycles. The van der Waals surface area contributed by atoms with Gasteiger partial charge in [-0.2, -0.15) is 5.10 Å². The van der Waals surface area contributed by atoms with E-state index in [4.69, 9.17) is 4.74 Å². The lowest BCUT2D eigenvalue weighted by molar-refractivity contribution is 0.0989. The Balaban J connectivity index is 1.40. The molecule has 2 aromatic carbocycles. The van der Waals surface area contributed by atoms with E-state index in [1.165, 1.54) is 30.5 Å². The number of halogens is 2. The molecule has 0 unspecified atom stereocenters. The second-order valence-electron chi connectivity index (χ2n) is 9.11. The maximum Gasteiger partial charge on any atom is 0.335 e. The zero-order valence-electron chi connectivity index (χ0n) is 21.7. The summed E-state index contributed by atoms with van der Waals surface area (Å²) < 4.78 is 37.5. The molecular formula is C29H23F2N5O5. The number of carbonyl (C=O) groups is 1. The zero-order valence-corrected chi connectivity index (χ0v) is 21.7. The Morgan fingerprint density at radius 3 is 2.49 bits per heavy atom. The number of aliphatic hydroxyl groups excluding tert-OH is 1. The number of aliphatic hydroxyl groups is 1. The number of hydrogen-bond donors (Lipinski definition) is 1. The van der Waals surface area contributed by atoms with Gasteiger partial charge in [0.2, 0.25) is 0 Å². The van der Waals surface area contributed by atoms with Gasteiger partial charge in [0.05, 0.1) is 30.7 Å². The first-order valence-corrected chi connectivity index (χ1v) is 12.4. The fraction of sp³-hybridized carbons (Fsp3) is 0.138. The molecule has 3 aromatic heterocycles. The first-order chi connectivity index (χ1) is 19.7. The largest absolute Gasteiger partial charge is 0.454 e. The van der Waals surface area contributed by atoms with Gasteiger partial charge in [-0.15, -0.1) is 0 Å². The topological polar surface area (TPSA) is 121 Å². The lowest BCUT2D eigenvalue weighted by Gasteiger charge is -2.12. The molecule has 5 rings (SSSR count). The number of ether oxygens (including phenoxy) is 1. The van der Waals surface area contributed by atoms with Crippen molar-refractivity contribution in [3.8, 4) is 28.4 Å². The average Bonchev–Trinajstić information content (AvgIpc) is 3.39. The van der Waals surface area contributed by atoms with Crippen LogP contribution < -0.4 is 16.0 Å². The fourth-order valence-electron chi connectivity index (χ4n) is 4.21. The van der Waals surface area contributed by atoms with E-state index in [0.717, 1.165) is 39.1 Å². The number of nitrogens with zero attached hydrogens (tertiary/aromatic N) is 5. The number of ketones is 1. The molecule has 0 spiro atoms. The maximum atomic E-state index is 15.0. The quantitative estimate of drug-likeness (QED) is 0.275. The first kappa shape index (κ1) is 27.3. The third-order valence-electron chi connectivity index (χ3n) is 6.20. The van der Waals surface area contributed by atoms with E-state index in [-0.39, 0.29) is 35.5 Å². The third-order valence-corrected chi connectivity index (χ3v) is 6.20. The predicted molar refractivity (Wildman–Crippen MR) is 144 cm³/mol. The zero-order chi connectivity index (χ0) is 29.1. The number of aromatic nitrogens is 5. The third kappa shape index (κ3) is 5.87. The molecule has 208 valence electrons. The Hall–Kier alpha value is -5.23. The average molecular weight is 560 g/mol. The number of hydrogen-bond acceptors (Lipinski definition) is 7. The van der Waals surface area contributed by atoms with Gasteiger partial charge < -0.3 is 9.84 Å². The van der Waals surface area contributed by atoms with Crippen molar-refractivity contribution < 1.29 is 23.4 Å². The Kier molecular flexibility index (Phi) is 7.66. The van der Waals surface area contributed by atoms with Crippen LogP contribution in [0.3, 0.4) is 0 Å². The summed E-state index contributed by atoms with van der Waals surface area (Å²) >= 11 is 0. The van der Waals surface area contributed by atoms with E-state index < -0.39 is 35.3 Å². The highest BCUT2D eigenvalue weighted by Crippen LogP contribution is 2.28. The van der Waals surface area contributed by atoms with Crippen molar-refractivity contribution >= 4 is 5.78 Å². The molecule has 0 bridgehead atoms. The molecule has 0 radical (unpaired) electrons. The minimum atomic E-state index is -0.914. The molecule has 41 heavy (non-hydrogen) atoms. The van der Waals surface area contributed by atoms with Crippen LogP contribution in [0.4, 0.5) is 8.78 Å². The second kappa shape index (κ2) is 11.5. The van der Waals surface area contributed by atoms with Crippen LogP contribution in [0.25, 0.3) is 16.9 Å². The van der Waals surface area contributed by atoms with Crippen LogP contribution in [-0.2, 0) is 20.0 Å². The van der Waals surface area contributed by atoms with Gasteiger partial charge in [-0.25, -0.2) is 18.1 Å². The van der Waals surface area contributed by atoms with Crippen LogP contribution in [-0.4, -0.2) is 41.4 Å². The van der Waals surface area contributed by atoms with Crippen molar-refractivity contribution in [3.05, 3.63) is 123 Å². The molecule has 0 aliphatic heterocycles. The molecule has 0 aliphatic rings. The van der Waals surface area contributed by atoms with Crippen molar-refractivity contribution in [2.24, 2.45) is 7.05 Å². The first-order valence-electron chi connectivity index (χ1n) is 12.4. The van der Waals surface area contributed by atoms with Gasteiger partial charge in [-0.3, -0.25) is 23.8 Å². The molecule has 0 saturated carbocycles. The van der Waals surface area contributed by atoms with Crippen LogP contribution in [0.2, 0.25) is 0 Å². The van der Waals surface area contributed by atoms with Crippen molar-refractivity contribution in [1.29, 1.82) is 0 Å². The standard InChI is InChI=1S/C29H23F2N5O5/c1-34-16-19(15-33-34)25-14-22(8-9-32-25)41-27-7-2-18(12-24(27)31)13-26(38)23-17-35(10-11-37)29(40)36(28(23)39)21-5-3-20(30)4-6-21/h2-9,12,14-17,37H,10-11,13H2,1H3. The number of aryl methyl sites for hydroxylation is 1. The Bertz CT molecular complexity index is 1860. The number of rotatable bonds is 9. The molecule has 0 atom stereocenters. The van der Waals surface area contributed by atoms with E-state index in [2.05, 4.69) is 10.1 Å². The van der Waals surface area contributed by atoms with Gasteiger partial charge in [0.1, 0.15) is 17.1 Å². The van der Waals surface area contributed by atoms with E-state index in [1.807, 2.05) is 0 Å². The van der Waals surface area contributed by atoms with Crippen LogP contribution in [0.1, 0.15) is 15.9 Å². The summed E-state index contributed by atoms with van der Waals surface area (Å²) in [5, 5.41) is 13.5. The SMILES string of the molecule is Cn1cc(-c2cc(Oc3ccc(CC(=O)c4cn(CCO)c(=O)n(-c5ccc(F)cc5)c4=O)cc3F)ccn2)cn1. The number of pyridine rings is 1. The highest BCUT2D eigenvalue weighted by atomic mass is 19.1. The normalized spacial score (nSPS) is 11.0. The second-order valence-corrected chi connectivity index (χ2v) is 9.11. The van der Waals surface area contributed by atoms with E-state index in [0.29, 0.717) is 11.4 Å². The summed E-state index contributed by atoms with van der Waals surface area (Å²) in [5.41, 5.74) is -0.395. The smallest absolute Gasteiger partial charge is 0.335 e. The van der Waals surface area contributed by atoms with Gasteiger partial charge in [-0.1, -0.05) is 6.07 Å². The fourth-order valence-corrected chi connectivity index (χ4v) is 4.21. The van der Waals surface area contributed by atoms with Crippen LogP contribution in [0.15, 0.2) is 89.0 Å². The molecule has 12 heteroatoms. The number of Topliss-reactive ketones (excluding diaryl/α,β-unsaturated/α-hetero) is 1. The van der Waals surface area contributed by atoms with Crippen LogP contribution >= 0.6 is 0 Å². The van der Waals surface area contributed by atoms with Gasteiger partial charge in [0.15, 0.2) is 17.3 Å². The Morgan fingerprint density at radius 1 is 1.02 bits per heavy atom. The van der Waals surface area contributed by atoms with Gasteiger partial charge in [0, 0.05) is 43.7 Å². The molecule has 0 aliphatic carbocycles. The molecule has 1 N–H and O–H groups in total. The molecule has 0 fully saturated rings. The molecule has 10 nitrogen and oxygen atoms in total. The predicted octanol–water partition coefficient (Wildman–Crippen LogP) is 3.28. The van der Waals surface area contributed by atoms with Crippen molar-refractivity contribution in [2.75, 3.05) is 6.61 Å². The maximum absolute atomic E-state index is 15.0. The van der Waals surface area contributed by atoms with Gasteiger partial charge in [-0.05, 0) is 48.0 Å². The summed E-state index contributed by atoms with van der Waals surface area (Å²) in [6.45, 7) is -0.609. The summed E-state index contributed by atoms with van der Waals surface area (Å²) in [6.07, 6.45) is 5.66. The van der Waals surface area contributed by atoms with Crippen molar-refractivity contribution in [1.82, 2.24) is 23.9 Å². The lowest BCUT2D eigenvalue weighted by atomic mass is 10.0. The highest BCUT2D eigenvalue weighted by molar-refractivity contribution is 5.97. The molecule has 3 heterocycles. The minimum Gasteiger partial charge on any atom is -0.454 e. The summed E-state index contributed by atoms with van der Waals surface area (Å²) in [7, 11) is 1.78. The van der Waals surface area contributed by atoms with Gasteiger partial charge in [0.25, 0.3) is 5.56 Å². The van der Waals surface area contributed by atoms with Crippen molar-refractivity contribution in [3.63, 3.8) is 0 Å². The molecular weight excluding hydrogens is 536 g/mol. The Labute approximate surface area is 231 Å². The summed E-state index contributed by atoms with van der Waals surface area (Å²) in [6, 6.07) is 11.8. The minimum absolute atomic E-state index is 0.0538. The highest BCUT2D eigenvalue weighted by Gasteiger charge is 2.20. The summed E-state index contributed by atoms with van der Waals surface area (Å²) in [4.78, 5) is 43.5. The van der Waals surface area contributed by atoms with Gasteiger partial charge >= 0.3 is 5.69 Å². The van der Waals surface area contributed by atoms with E-state index in [9.17, 15) is 28.3 Å². The lowest BCUT2D eigenvalue weighted by Crippen LogP contribution is -2.42.